The predicted molar refractivity (Wildman–Crippen MR) is 111 cm³/mol. The van der Waals surface area contributed by atoms with E-state index >= 15 is 0 Å². The van der Waals surface area contributed by atoms with E-state index in [9.17, 15) is 4.79 Å². The summed E-state index contributed by atoms with van der Waals surface area (Å²) in [5.41, 5.74) is 2.92. The van der Waals surface area contributed by atoms with Gasteiger partial charge in [0.1, 0.15) is 0 Å². The molecule has 24 heavy (non-hydrogen) atoms. The highest BCUT2D eigenvalue weighted by Crippen LogP contribution is 2.12. The van der Waals surface area contributed by atoms with Crippen LogP contribution in [0.25, 0.3) is 0 Å². The quantitative estimate of drug-likeness (QED) is 0.153. The Labute approximate surface area is 157 Å². The Morgan fingerprint density at radius 2 is 1.21 bits per heavy atom. The Morgan fingerprint density at radius 1 is 0.833 bits per heavy atom. The lowest BCUT2D eigenvalue weighted by Crippen LogP contribution is -2.31. The SMILES string of the molecule is CC(C)(C)CNN.CCCCCCCCCCCCCCC(=O)S. The molecule has 0 aliphatic heterocycles. The molecule has 0 aliphatic rings. The number of nitrogens with one attached hydrogen (secondary N) is 1. The van der Waals surface area contributed by atoms with Gasteiger partial charge in [0, 0.05) is 13.0 Å². The van der Waals surface area contributed by atoms with Gasteiger partial charge in [0.05, 0.1) is 0 Å². The average molecular weight is 361 g/mol. The number of rotatable bonds is 14. The molecule has 0 rings (SSSR count). The first-order chi connectivity index (χ1) is 11.3. The highest BCUT2D eigenvalue weighted by molar-refractivity contribution is 7.96. The minimum Gasteiger partial charge on any atom is -0.288 e. The van der Waals surface area contributed by atoms with Gasteiger partial charge in [0.25, 0.3) is 0 Å². The van der Waals surface area contributed by atoms with E-state index < -0.39 is 0 Å². The number of carbonyl (C=O) groups excluding carboxylic acids is 1. The first kappa shape index (κ1) is 26.2. The first-order valence-electron chi connectivity index (χ1n) is 9.98. The van der Waals surface area contributed by atoms with Crippen molar-refractivity contribution in [3.8, 4) is 0 Å². The number of thiol groups is 1. The predicted octanol–water partition coefficient (Wildman–Crippen LogP) is 6.03. The van der Waals surface area contributed by atoms with Gasteiger partial charge in [-0.25, -0.2) is 0 Å². The summed E-state index contributed by atoms with van der Waals surface area (Å²) in [6.45, 7) is 9.53. The van der Waals surface area contributed by atoms with Crippen molar-refractivity contribution in [2.24, 2.45) is 11.3 Å². The number of unbranched alkanes of at least 4 members (excludes halogenated alkanes) is 11. The molecular weight excluding hydrogens is 316 g/mol. The summed E-state index contributed by atoms with van der Waals surface area (Å²) in [6.07, 6.45) is 16.7. The molecule has 0 aromatic rings. The Balaban J connectivity index is 0. The van der Waals surface area contributed by atoms with Crippen molar-refractivity contribution in [3.05, 3.63) is 0 Å². The van der Waals surface area contributed by atoms with Crippen molar-refractivity contribution in [1.82, 2.24) is 5.43 Å². The van der Waals surface area contributed by atoms with E-state index in [0.717, 1.165) is 13.0 Å². The van der Waals surface area contributed by atoms with Gasteiger partial charge in [0.15, 0.2) is 5.12 Å². The van der Waals surface area contributed by atoms with Crippen molar-refractivity contribution < 1.29 is 4.79 Å². The third kappa shape index (κ3) is 29.9. The summed E-state index contributed by atoms with van der Waals surface area (Å²) in [4.78, 5) is 10.6. The summed E-state index contributed by atoms with van der Waals surface area (Å²) in [5, 5.41) is 0.0390. The van der Waals surface area contributed by atoms with Gasteiger partial charge in [-0.1, -0.05) is 98.3 Å². The van der Waals surface area contributed by atoms with E-state index in [2.05, 4.69) is 45.7 Å². The molecule has 0 spiro atoms. The third-order valence-corrected chi connectivity index (χ3v) is 4.10. The number of hydrogen-bond donors (Lipinski definition) is 3. The zero-order chi connectivity index (χ0) is 18.7. The fourth-order valence-corrected chi connectivity index (χ4v) is 2.58. The standard InChI is InChI=1S/C15H30OS.C5H14N2/c1-2-3-4-5-6-7-8-9-10-11-12-13-14-15(16)17;1-5(2,3)4-7-6/h2-14H2,1H3,(H,16,17);7H,4,6H2,1-3H3. The minimum atomic E-state index is 0.0390. The van der Waals surface area contributed by atoms with E-state index in [1.165, 1.54) is 70.6 Å². The summed E-state index contributed by atoms with van der Waals surface area (Å²) < 4.78 is 0. The normalized spacial score (nSPS) is 11.1. The molecule has 0 radical (unpaired) electrons. The molecule has 0 unspecified atom stereocenters. The van der Waals surface area contributed by atoms with Gasteiger partial charge in [0.2, 0.25) is 0 Å². The van der Waals surface area contributed by atoms with Crippen LogP contribution in [0.2, 0.25) is 0 Å². The molecule has 3 N–H and O–H groups in total. The largest absolute Gasteiger partial charge is 0.288 e. The molecule has 0 fully saturated rings. The molecule has 3 nitrogen and oxygen atoms in total. The van der Waals surface area contributed by atoms with Gasteiger partial charge in [-0.05, 0) is 11.8 Å². The van der Waals surface area contributed by atoms with Gasteiger partial charge in [-0.2, -0.15) is 0 Å². The highest BCUT2D eigenvalue weighted by Gasteiger charge is 2.06. The fourth-order valence-electron chi connectivity index (χ4n) is 2.42. The molecule has 4 heteroatoms. The summed E-state index contributed by atoms with van der Waals surface area (Å²) in [5.74, 6) is 5.06. The van der Waals surface area contributed by atoms with Crippen molar-refractivity contribution >= 4 is 17.7 Å². The lowest BCUT2D eigenvalue weighted by Gasteiger charge is -2.15. The number of nitrogens with two attached hydrogens (primary N) is 1. The second-order valence-corrected chi connectivity index (χ2v) is 8.47. The zero-order valence-electron chi connectivity index (χ0n) is 16.8. The van der Waals surface area contributed by atoms with Crippen LogP contribution in [0.5, 0.6) is 0 Å². The lowest BCUT2D eigenvalue weighted by molar-refractivity contribution is -0.110. The minimum absolute atomic E-state index is 0.0390. The van der Waals surface area contributed by atoms with E-state index in [0.29, 0.717) is 11.8 Å². The molecule has 0 aliphatic carbocycles. The van der Waals surface area contributed by atoms with Crippen LogP contribution in [-0.2, 0) is 4.79 Å². The number of hydrazine groups is 1. The molecule has 0 aromatic carbocycles. The Bertz CT molecular complexity index is 265. The van der Waals surface area contributed by atoms with Crippen LogP contribution in [0.15, 0.2) is 0 Å². The van der Waals surface area contributed by atoms with Crippen LogP contribution in [0.3, 0.4) is 0 Å². The van der Waals surface area contributed by atoms with Crippen molar-refractivity contribution in [3.63, 3.8) is 0 Å². The number of hydrogen-bond acceptors (Lipinski definition) is 3. The summed E-state index contributed by atoms with van der Waals surface area (Å²) >= 11 is 3.77. The topological polar surface area (TPSA) is 55.1 Å². The molecule has 0 atom stereocenters. The molecule has 0 amide bonds. The molecule has 0 saturated carbocycles. The zero-order valence-corrected chi connectivity index (χ0v) is 17.7. The Kier molecular flexibility index (Phi) is 21.0. The Hall–Kier alpha value is -0.0600. The van der Waals surface area contributed by atoms with Crippen molar-refractivity contribution in [2.75, 3.05) is 6.54 Å². The average Bonchev–Trinajstić information content (AvgIpc) is 2.47. The highest BCUT2D eigenvalue weighted by atomic mass is 32.1. The van der Waals surface area contributed by atoms with Gasteiger partial charge < -0.3 is 0 Å². The molecular formula is C20H44N2OS. The van der Waals surface area contributed by atoms with E-state index in [-0.39, 0.29) is 5.12 Å². The third-order valence-electron chi connectivity index (χ3n) is 3.88. The second kappa shape index (κ2) is 19.3. The van der Waals surface area contributed by atoms with Crippen LogP contribution in [0.1, 0.15) is 111 Å². The van der Waals surface area contributed by atoms with E-state index in [1.54, 1.807) is 0 Å². The maximum Gasteiger partial charge on any atom is 0.185 e. The summed E-state index contributed by atoms with van der Waals surface area (Å²) in [7, 11) is 0. The maximum absolute atomic E-state index is 10.6. The van der Waals surface area contributed by atoms with E-state index in [4.69, 9.17) is 5.84 Å². The van der Waals surface area contributed by atoms with Crippen LogP contribution in [0, 0.1) is 5.41 Å². The maximum atomic E-state index is 10.6. The molecule has 0 aromatic heterocycles. The molecule has 146 valence electrons. The van der Waals surface area contributed by atoms with Crippen LogP contribution < -0.4 is 11.3 Å². The van der Waals surface area contributed by atoms with Crippen molar-refractivity contribution in [1.29, 1.82) is 0 Å². The monoisotopic (exact) mass is 360 g/mol. The van der Waals surface area contributed by atoms with E-state index in [1.807, 2.05) is 0 Å². The van der Waals surface area contributed by atoms with Crippen molar-refractivity contribution in [2.45, 2.75) is 111 Å². The molecule has 0 bridgehead atoms. The number of carbonyl (C=O) groups is 1. The smallest absolute Gasteiger partial charge is 0.185 e. The van der Waals surface area contributed by atoms with Crippen LogP contribution in [-0.4, -0.2) is 11.7 Å². The first-order valence-corrected chi connectivity index (χ1v) is 10.4. The van der Waals surface area contributed by atoms with Crippen LogP contribution in [0.4, 0.5) is 0 Å². The van der Waals surface area contributed by atoms with Gasteiger partial charge >= 0.3 is 0 Å². The molecule has 0 saturated heterocycles. The fraction of sp³-hybridized carbons (Fsp3) is 0.950. The van der Waals surface area contributed by atoms with Crippen LogP contribution >= 0.6 is 12.6 Å². The van der Waals surface area contributed by atoms with Gasteiger partial charge in [-0.15, -0.1) is 12.6 Å². The molecule has 0 heterocycles. The summed E-state index contributed by atoms with van der Waals surface area (Å²) in [6, 6.07) is 0. The second-order valence-electron chi connectivity index (χ2n) is 7.97. The van der Waals surface area contributed by atoms with Gasteiger partial charge in [-0.3, -0.25) is 16.1 Å². The Morgan fingerprint density at radius 3 is 1.46 bits per heavy atom. The lowest BCUT2D eigenvalue weighted by atomic mass is 9.98.